The molecule has 0 N–H and O–H groups in total. The minimum Gasteiger partial charge on any atom is -0.372 e. The zero-order valence-electron chi connectivity index (χ0n) is 12.8. The SMILES string of the molecule is Cc1ccc(Cn2c(=O)oc(=O)c3cc(C)c(C)cc32)cc1. The van der Waals surface area contributed by atoms with Crippen molar-refractivity contribution >= 4 is 10.9 Å². The van der Waals surface area contributed by atoms with Gasteiger partial charge in [0.25, 0.3) is 0 Å². The largest absolute Gasteiger partial charge is 0.422 e. The summed E-state index contributed by atoms with van der Waals surface area (Å²) in [5, 5.41) is 0.440. The highest BCUT2D eigenvalue weighted by atomic mass is 16.4. The van der Waals surface area contributed by atoms with E-state index < -0.39 is 11.4 Å². The first kappa shape index (κ1) is 14.3. The van der Waals surface area contributed by atoms with Gasteiger partial charge in [0.05, 0.1) is 17.4 Å². The second kappa shape index (κ2) is 5.30. The van der Waals surface area contributed by atoms with Crippen LogP contribution in [0, 0.1) is 20.8 Å². The Hall–Kier alpha value is -2.62. The summed E-state index contributed by atoms with van der Waals surface area (Å²) in [6.45, 7) is 6.29. The molecular weight excluding hydrogens is 278 g/mol. The number of hydrogen-bond donors (Lipinski definition) is 0. The van der Waals surface area contributed by atoms with E-state index in [0.717, 1.165) is 22.3 Å². The number of aryl methyl sites for hydroxylation is 3. The lowest BCUT2D eigenvalue weighted by molar-refractivity contribution is 0.424. The minimum atomic E-state index is -0.624. The smallest absolute Gasteiger partial charge is 0.372 e. The molecule has 22 heavy (non-hydrogen) atoms. The molecule has 0 saturated heterocycles. The fourth-order valence-corrected chi connectivity index (χ4v) is 2.50. The molecule has 0 amide bonds. The average Bonchev–Trinajstić information content (AvgIpc) is 2.47. The van der Waals surface area contributed by atoms with Gasteiger partial charge in [-0.15, -0.1) is 0 Å². The van der Waals surface area contributed by atoms with Crippen LogP contribution in [0.25, 0.3) is 10.9 Å². The summed E-state index contributed by atoms with van der Waals surface area (Å²) in [6, 6.07) is 11.6. The highest BCUT2D eigenvalue weighted by molar-refractivity contribution is 5.79. The number of benzene rings is 2. The molecule has 1 aromatic heterocycles. The highest BCUT2D eigenvalue weighted by Gasteiger charge is 2.11. The first-order valence-corrected chi connectivity index (χ1v) is 7.16. The van der Waals surface area contributed by atoms with Crippen LogP contribution in [0.3, 0.4) is 0 Å². The molecule has 1 heterocycles. The number of hydrogen-bond acceptors (Lipinski definition) is 3. The first-order valence-electron chi connectivity index (χ1n) is 7.16. The Bertz CT molecular complexity index is 963. The second-order valence-electron chi connectivity index (χ2n) is 5.68. The van der Waals surface area contributed by atoms with Gasteiger partial charge < -0.3 is 4.42 Å². The lowest BCUT2D eigenvalue weighted by atomic mass is 10.1. The van der Waals surface area contributed by atoms with Crippen LogP contribution in [-0.4, -0.2) is 4.57 Å². The van der Waals surface area contributed by atoms with Crippen molar-refractivity contribution < 1.29 is 4.42 Å². The van der Waals surface area contributed by atoms with Gasteiger partial charge in [-0.05, 0) is 49.6 Å². The summed E-state index contributed by atoms with van der Waals surface area (Å²) >= 11 is 0. The van der Waals surface area contributed by atoms with E-state index in [1.165, 1.54) is 4.57 Å². The molecule has 3 rings (SSSR count). The molecule has 4 heteroatoms. The van der Waals surface area contributed by atoms with Gasteiger partial charge in [-0.2, -0.15) is 0 Å². The molecule has 0 fully saturated rings. The van der Waals surface area contributed by atoms with Crippen molar-refractivity contribution in [2.24, 2.45) is 0 Å². The third-order valence-corrected chi connectivity index (χ3v) is 3.98. The van der Waals surface area contributed by atoms with Gasteiger partial charge in [0.2, 0.25) is 0 Å². The van der Waals surface area contributed by atoms with Crippen LogP contribution in [0.4, 0.5) is 0 Å². The summed E-state index contributed by atoms with van der Waals surface area (Å²) in [5.74, 6) is -0.624. The lowest BCUT2D eigenvalue weighted by Gasteiger charge is -2.10. The number of rotatable bonds is 2. The Morgan fingerprint density at radius 3 is 2.27 bits per heavy atom. The van der Waals surface area contributed by atoms with Gasteiger partial charge in [0, 0.05) is 0 Å². The summed E-state index contributed by atoms with van der Waals surface area (Å²) in [7, 11) is 0. The molecule has 4 nitrogen and oxygen atoms in total. The van der Waals surface area contributed by atoms with E-state index in [1.807, 2.05) is 51.1 Å². The summed E-state index contributed by atoms with van der Waals surface area (Å²) in [5.41, 5.74) is 4.22. The quantitative estimate of drug-likeness (QED) is 0.730. The van der Waals surface area contributed by atoms with Crippen LogP contribution >= 0.6 is 0 Å². The summed E-state index contributed by atoms with van der Waals surface area (Å²) in [6.07, 6.45) is 0. The van der Waals surface area contributed by atoms with Crippen molar-refractivity contribution in [3.63, 3.8) is 0 Å². The fraction of sp³-hybridized carbons (Fsp3) is 0.222. The van der Waals surface area contributed by atoms with Crippen LogP contribution in [0.5, 0.6) is 0 Å². The van der Waals surface area contributed by atoms with Crippen LogP contribution in [0.1, 0.15) is 22.3 Å². The van der Waals surface area contributed by atoms with E-state index in [4.69, 9.17) is 4.42 Å². The zero-order chi connectivity index (χ0) is 15.9. The van der Waals surface area contributed by atoms with Crippen LogP contribution in [0.2, 0.25) is 0 Å². The second-order valence-corrected chi connectivity index (χ2v) is 5.68. The number of nitrogens with zero attached hydrogens (tertiary/aromatic N) is 1. The van der Waals surface area contributed by atoms with Crippen molar-refractivity contribution in [2.75, 3.05) is 0 Å². The normalized spacial score (nSPS) is 11.0. The predicted molar refractivity (Wildman–Crippen MR) is 86.5 cm³/mol. The van der Waals surface area contributed by atoms with Gasteiger partial charge in [-0.25, -0.2) is 9.59 Å². The molecule has 3 aromatic rings. The Balaban J connectivity index is 2.24. The van der Waals surface area contributed by atoms with Crippen molar-refractivity contribution in [3.05, 3.63) is 79.6 Å². The van der Waals surface area contributed by atoms with Crippen molar-refractivity contribution in [1.29, 1.82) is 0 Å². The van der Waals surface area contributed by atoms with Crippen molar-refractivity contribution in [2.45, 2.75) is 27.3 Å². The lowest BCUT2D eigenvalue weighted by Crippen LogP contribution is -2.25. The minimum absolute atomic E-state index is 0.377. The molecule has 0 atom stereocenters. The predicted octanol–water partition coefficient (Wildman–Crippen LogP) is 2.93. The molecule has 0 bridgehead atoms. The fourth-order valence-electron chi connectivity index (χ4n) is 2.50. The van der Waals surface area contributed by atoms with Gasteiger partial charge in [0.1, 0.15) is 0 Å². The van der Waals surface area contributed by atoms with Gasteiger partial charge in [-0.3, -0.25) is 4.57 Å². The standard InChI is InChI=1S/C18H17NO3/c1-11-4-6-14(7-5-11)10-19-16-9-13(3)12(2)8-15(16)17(20)22-18(19)21/h4-9H,10H2,1-3H3. The molecule has 0 aliphatic heterocycles. The Morgan fingerprint density at radius 2 is 1.59 bits per heavy atom. The van der Waals surface area contributed by atoms with E-state index in [-0.39, 0.29) is 0 Å². The molecule has 0 aliphatic carbocycles. The van der Waals surface area contributed by atoms with E-state index in [9.17, 15) is 9.59 Å². The van der Waals surface area contributed by atoms with Gasteiger partial charge in [0.15, 0.2) is 0 Å². The maximum atomic E-state index is 12.1. The Labute approximate surface area is 127 Å². The Kier molecular flexibility index (Phi) is 3.45. The number of fused-ring (bicyclic) bond motifs is 1. The highest BCUT2D eigenvalue weighted by Crippen LogP contribution is 2.16. The van der Waals surface area contributed by atoms with Gasteiger partial charge >= 0.3 is 11.4 Å². The third-order valence-electron chi connectivity index (χ3n) is 3.98. The summed E-state index contributed by atoms with van der Waals surface area (Å²) in [4.78, 5) is 24.1. The molecule has 0 radical (unpaired) electrons. The van der Waals surface area contributed by atoms with Crippen molar-refractivity contribution in [3.8, 4) is 0 Å². The molecule has 0 unspecified atom stereocenters. The van der Waals surface area contributed by atoms with E-state index in [0.29, 0.717) is 17.4 Å². The molecule has 0 saturated carbocycles. The van der Waals surface area contributed by atoms with E-state index in [2.05, 4.69) is 0 Å². The third kappa shape index (κ3) is 2.48. The van der Waals surface area contributed by atoms with Gasteiger partial charge in [-0.1, -0.05) is 29.8 Å². The molecular formula is C18H17NO3. The maximum absolute atomic E-state index is 12.1. The average molecular weight is 295 g/mol. The zero-order valence-corrected chi connectivity index (χ0v) is 12.8. The first-order chi connectivity index (χ1) is 10.5. The Morgan fingerprint density at radius 1 is 0.955 bits per heavy atom. The molecule has 0 spiro atoms. The topological polar surface area (TPSA) is 52.2 Å². The van der Waals surface area contributed by atoms with E-state index >= 15 is 0 Å². The van der Waals surface area contributed by atoms with Crippen LogP contribution in [-0.2, 0) is 6.54 Å². The maximum Gasteiger partial charge on any atom is 0.422 e. The van der Waals surface area contributed by atoms with Crippen molar-refractivity contribution in [1.82, 2.24) is 4.57 Å². The molecule has 0 aliphatic rings. The van der Waals surface area contributed by atoms with Crippen LogP contribution < -0.4 is 11.4 Å². The summed E-state index contributed by atoms with van der Waals surface area (Å²) < 4.78 is 6.37. The van der Waals surface area contributed by atoms with E-state index in [1.54, 1.807) is 6.07 Å². The number of aromatic nitrogens is 1. The molecule has 2 aromatic carbocycles. The monoisotopic (exact) mass is 295 g/mol. The van der Waals surface area contributed by atoms with Crippen LogP contribution in [0.15, 0.2) is 50.4 Å². The molecule has 112 valence electrons.